The number of hydrogen-bond acceptors (Lipinski definition) is 8. The molecule has 2 aliphatic rings. The lowest BCUT2D eigenvalue weighted by molar-refractivity contribution is -0.448. The van der Waals surface area contributed by atoms with Crippen molar-refractivity contribution < 1.29 is 28.2 Å². The molecule has 1 aromatic heterocycles. The van der Waals surface area contributed by atoms with E-state index in [9.17, 15) is 9.59 Å². The smallest absolute Gasteiger partial charge is 0.497 e. The Morgan fingerprint density at radius 1 is 1.12 bits per heavy atom. The van der Waals surface area contributed by atoms with Crippen LogP contribution in [0.1, 0.15) is 5.89 Å². The summed E-state index contributed by atoms with van der Waals surface area (Å²) in [6.07, 6.45) is 1.77. The summed E-state index contributed by atoms with van der Waals surface area (Å²) in [7, 11) is 3.10. The molecule has 0 aliphatic carbocycles. The first-order valence-corrected chi connectivity index (χ1v) is 11.0. The predicted molar refractivity (Wildman–Crippen MR) is 122 cm³/mol. The van der Waals surface area contributed by atoms with Gasteiger partial charge < -0.3 is 14.0 Å². The molecule has 3 aromatic rings. The second-order valence-corrected chi connectivity index (χ2v) is 8.22. The van der Waals surface area contributed by atoms with Crippen molar-refractivity contribution in [2.75, 3.05) is 19.1 Å². The lowest BCUT2D eigenvalue weighted by Crippen LogP contribution is -2.55. The number of aromatic nitrogens is 2. The van der Waals surface area contributed by atoms with Crippen molar-refractivity contribution in [3.63, 3.8) is 0 Å². The highest BCUT2D eigenvalue weighted by molar-refractivity contribution is 8.04. The molecule has 3 heterocycles. The lowest BCUT2D eigenvalue weighted by atomic mass is 10.1. The largest absolute Gasteiger partial charge is 0.506 e. The van der Waals surface area contributed by atoms with Crippen LogP contribution >= 0.6 is 11.8 Å². The summed E-state index contributed by atoms with van der Waals surface area (Å²) >= 11 is 1.35. The maximum Gasteiger partial charge on any atom is 0.506 e. The summed E-state index contributed by atoms with van der Waals surface area (Å²) in [5.41, 5.74) is 1.70. The van der Waals surface area contributed by atoms with Gasteiger partial charge in [0.2, 0.25) is 5.82 Å². The van der Waals surface area contributed by atoms with Gasteiger partial charge >= 0.3 is 11.9 Å². The van der Waals surface area contributed by atoms with E-state index in [0.717, 1.165) is 4.90 Å². The number of hydrogen-bond donors (Lipinski definition) is 0. The highest BCUT2D eigenvalue weighted by Gasteiger charge is 2.50. The normalized spacial score (nSPS) is 17.5. The van der Waals surface area contributed by atoms with Gasteiger partial charge in [-0.2, -0.15) is 14.4 Å². The molecule has 0 fully saturated rings. The van der Waals surface area contributed by atoms with Crippen molar-refractivity contribution in [1.29, 1.82) is 0 Å². The summed E-state index contributed by atoms with van der Waals surface area (Å²) in [4.78, 5) is 32.3. The average molecular weight is 463 g/mol. The van der Waals surface area contributed by atoms with Crippen LogP contribution in [0.4, 0.5) is 10.5 Å². The highest BCUT2D eigenvalue weighted by Crippen LogP contribution is 2.33. The minimum absolute atomic E-state index is 0.0193. The number of anilines is 1. The number of thioether (sulfide) groups is 1. The number of fused-ring (bicyclic) bond motifs is 1. The molecule has 0 radical (unpaired) electrons. The van der Waals surface area contributed by atoms with Gasteiger partial charge in [-0.25, -0.2) is 4.79 Å². The molecular formula is C23H19N4O5S+. The van der Waals surface area contributed by atoms with Crippen LogP contribution in [0.15, 0.2) is 64.5 Å². The fourth-order valence-corrected chi connectivity index (χ4v) is 4.69. The number of nitrogens with zero attached hydrogens (tertiary/aromatic N) is 4. The zero-order valence-corrected chi connectivity index (χ0v) is 18.6. The summed E-state index contributed by atoms with van der Waals surface area (Å²) in [5.74, 6) is 1.43. The maximum atomic E-state index is 13.5. The van der Waals surface area contributed by atoms with Crippen LogP contribution in [-0.4, -0.2) is 51.8 Å². The van der Waals surface area contributed by atoms with Crippen molar-refractivity contribution in [2.24, 2.45) is 0 Å². The molecule has 33 heavy (non-hydrogen) atoms. The van der Waals surface area contributed by atoms with Crippen molar-refractivity contribution in [1.82, 2.24) is 10.1 Å². The number of benzene rings is 2. The van der Waals surface area contributed by atoms with Crippen molar-refractivity contribution in [3.8, 4) is 22.9 Å². The quantitative estimate of drug-likeness (QED) is 0.513. The topological polar surface area (TPSA) is 97.8 Å². The minimum atomic E-state index is -0.537. The van der Waals surface area contributed by atoms with Gasteiger partial charge in [-0.05, 0) is 35.7 Å². The van der Waals surface area contributed by atoms with Crippen LogP contribution in [0.3, 0.4) is 0 Å². The van der Waals surface area contributed by atoms with E-state index in [2.05, 4.69) is 10.1 Å². The zero-order valence-electron chi connectivity index (χ0n) is 17.8. The van der Waals surface area contributed by atoms with E-state index in [0.29, 0.717) is 34.3 Å². The first kappa shape index (κ1) is 21.0. The van der Waals surface area contributed by atoms with Gasteiger partial charge in [0.25, 0.3) is 5.89 Å². The number of rotatable bonds is 6. The molecule has 1 atom stereocenters. The zero-order chi connectivity index (χ0) is 22.9. The average Bonchev–Trinajstić information content (AvgIpc) is 3.52. The first-order chi connectivity index (χ1) is 16.1. The van der Waals surface area contributed by atoms with Gasteiger partial charge in [0.1, 0.15) is 22.9 Å². The second kappa shape index (κ2) is 8.55. The Bertz CT molecular complexity index is 1320. The summed E-state index contributed by atoms with van der Waals surface area (Å²) in [5, 5.41) is 5.32. The van der Waals surface area contributed by atoms with E-state index < -0.39 is 11.3 Å². The molecule has 9 nitrogen and oxygen atoms in total. The van der Waals surface area contributed by atoms with Crippen LogP contribution in [0.2, 0.25) is 0 Å². The summed E-state index contributed by atoms with van der Waals surface area (Å²) < 4.78 is 17.6. The molecule has 0 spiro atoms. The fraction of sp³-hybridized carbons (Fsp3) is 0.174. The molecule has 0 saturated carbocycles. The van der Waals surface area contributed by atoms with Gasteiger partial charge in [0.15, 0.2) is 11.8 Å². The van der Waals surface area contributed by atoms with E-state index in [4.69, 9.17) is 14.0 Å². The Balaban J connectivity index is 1.50. The number of urea groups is 1. The Morgan fingerprint density at radius 3 is 2.79 bits per heavy atom. The van der Waals surface area contributed by atoms with E-state index in [1.807, 2.05) is 18.2 Å². The monoisotopic (exact) mass is 463 g/mol. The standard InChI is InChI=1S/C23H19N4O5S/c1-30-15-7-5-6-14(12-15)27-22(28)20-17(10-11-33-20)26(23(27)29)13-19-24-21(25-32-19)16-8-3-4-9-18(16)31-2/h3-12,20H,13H2,1-2H3/q+1. The molecule has 0 saturated heterocycles. The molecule has 2 aromatic carbocycles. The lowest BCUT2D eigenvalue weighted by Gasteiger charge is -2.23. The highest BCUT2D eigenvalue weighted by atomic mass is 32.2. The number of imide groups is 1. The molecule has 166 valence electrons. The number of carbonyl (C=O) groups excluding carboxylic acids is 2. The molecule has 1 unspecified atom stereocenters. The molecule has 3 amide bonds. The number of methoxy groups -OCH3 is 2. The Kier molecular flexibility index (Phi) is 5.43. The van der Waals surface area contributed by atoms with Gasteiger partial charge in [-0.3, -0.25) is 0 Å². The Hall–Kier alpha value is -3.92. The molecule has 2 aliphatic heterocycles. The van der Waals surface area contributed by atoms with Gasteiger partial charge in [-0.1, -0.05) is 23.4 Å². The van der Waals surface area contributed by atoms with Crippen LogP contribution in [0.25, 0.3) is 11.4 Å². The van der Waals surface area contributed by atoms with E-state index in [-0.39, 0.29) is 18.3 Å². The number of carbonyl (C=O) groups is 2. The first-order valence-electron chi connectivity index (χ1n) is 10.0. The molecule has 10 heteroatoms. The van der Waals surface area contributed by atoms with Crippen LogP contribution < -0.4 is 14.4 Å². The second-order valence-electron chi connectivity index (χ2n) is 7.20. The Morgan fingerprint density at radius 2 is 1.97 bits per heavy atom. The van der Waals surface area contributed by atoms with Crippen molar-refractivity contribution in [3.05, 3.63) is 65.9 Å². The summed E-state index contributed by atoms with van der Waals surface area (Å²) in [6, 6.07) is 13.7. The third kappa shape index (κ3) is 3.68. The van der Waals surface area contributed by atoms with E-state index in [1.165, 1.54) is 23.4 Å². The Labute approximate surface area is 193 Å². The van der Waals surface area contributed by atoms with Crippen LogP contribution in [0, 0.1) is 0 Å². The SMILES string of the molecule is COc1cccc(N2C(=O)C3SC=CC3=[N+](Cc3nc(-c4ccccc4OC)no3)C2=O)c1. The van der Waals surface area contributed by atoms with Crippen LogP contribution in [-0.2, 0) is 11.3 Å². The van der Waals surface area contributed by atoms with E-state index in [1.54, 1.807) is 48.9 Å². The third-order valence-electron chi connectivity index (χ3n) is 5.32. The molecular weight excluding hydrogens is 444 g/mol. The number of amides is 3. The fourth-order valence-electron chi connectivity index (χ4n) is 3.74. The molecule has 0 bridgehead atoms. The number of allylic oxidation sites excluding steroid dienone is 1. The predicted octanol–water partition coefficient (Wildman–Crippen LogP) is 3.50. The van der Waals surface area contributed by atoms with Gasteiger partial charge in [-0.15, -0.1) is 16.7 Å². The molecule has 0 N–H and O–H groups in total. The number of ether oxygens (including phenoxy) is 2. The van der Waals surface area contributed by atoms with Gasteiger partial charge in [0, 0.05) is 6.07 Å². The molecule has 5 rings (SSSR count). The summed E-state index contributed by atoms with van der Waals surface area (Å²) in [6.45, 7) is 0.0193. The maximum absolute atomic E-state index is 13.5. The van der Waals surface area contributed by atoms with Gasteiger partial charge in [0.05, 0.1) is 19.8 Å². The van der Waals surface area contributed by atoms with Crippen molar-refractivity contribution >= 4 is 35.1 Å². The third-order valence-corrected chi connectivity index (χ3v) is 6.33. The van der Waals surface area contributed by atoms with Crippen LogP contribution in [0.5, 0.6) is 11.5 Å². The minimum Gasteiger partial charge on any atom is -0.497 e. The number of para-hydroxylation sites is 1. The van der Waals surface area contributed by atoms with E-state index >= 15 is 0 Å². The van der Waals surface area contributed by atoms with Crippen molar-refractivity contribution in [2.45, 2.75) is 11.8 Å².